The van der Waals surface area contributed by atoms with Gasteiger partial charge in [0.25, 0.3) is 8.53 Å². The molecule has 2 unspecified atom stereocenters. The van der Waals surface area contributed by atoms with Gasteiger partial charge >= 0.3 is 0 Å². The molecule has 0 aliphatic rings. The van der Waals surface area contributed by atoms with Gasteiger partial charge < -0.3 is 29.0 Å². The van der Waals surface area contributed by atoms with Gasteiger partial charge in [0.15, 0.2) is 0 Å². The van der Waals surface area contributed by atoms with E-state index in [0.29, 0.717) is 38.8 Å². The number of nitrogens with zero attached hydrogens (tertiary/aromatic N) is 2. The molecule has 0 aromatic carbocycles. The molecule has 9 nitrogen and oxygen atoms in total. The quantitative estimate of drug-likeness (QED) is 0.200. The summed E-state index contributed by atoms with van der Waals surface area (Å²) in [5.74, 6) is 0.0151. The van der Waals surface area contributed by atoms with E-state index in [2.05, 4.69) is 21.2 Å². The fourth-order valence-corrected chi connectivity index (χ4v) is 4.42. The highest BCUT2D eigenvalue weighted by atomic mass is 31.2. The molecule has 0 saturated carbocycles. The minimum absolute atomic E-state index is 0.0252. The third kappa shape index (κ3) is 16.5. The van der Waals surface area contributed by atoms with E-state index < -0.39 is 14.6 Å². The standard InChI is InChI=1S/C21H40N3O6P.CH4/c1-17(2)24(18(3)4)31(29-14-7-11-22)30-20(15-25)16-28-13-8-12-23-21(27)10-6-9-19(5)26;/h17-18,20,25H,6-10,12-16H2,1-5H3,(H,23,27);1H4/i25D;1T. The predicted molar refractivity (Wildman–Crippen MR) is 127 cm³/mol. The zero-order valence-electron chi connectivity index (χ0n) is 22.6. The second-order valence-electron chi connectivity index (χ2n) is 7.77. The summed E-state index contributed by atoms with van der Waals surface area (Å²) in [4.78, 5) is 22.6. The highest BCUT2D eigenvalue weighted by molar-refractivity contribution is 7.44. The van der Waals surface area contributed by atoms with Gasteiger partial charge in [0.2, 0.25) is 7.34 Å². The van der Waals surface area contributed by atoms with Crippen LogP contribution in [0.1, 0.15) is 75.5 Å². The Labute approximate surface area is 198 Å². The first-order valence-electron chi connectivity index (χ1n) is 12.3. The van der Waals surface area contributed by atoms with Crippen LogP contribution in [0.3, 0.4) is 0 Å². The normalized spacial score (nSPS) is 13.6. The zero-order chi connectivity index (χ0) is 26.4. The van der Waals surface area contributed by atoms with Gasteiger partial charge in [-0.1, -0.05) is 7.40 Å². The molecule has 0 aliphatic heterocycles. The first-order chi connectivity index (χ1) is 16.2. The number of hydrogen-bond donors (Lipinski definition) is 2. The predicted octanol–water partition coefficient (Wildman–Crippen LogP) is 3.56. The van der Waals surface area contributed by atoms with Crippen LogP contribution >= 0.6 is 8.53 Å². The SMILES string of the molecule is [2H]OCC(COCCCNC(=O)CCCC(C)=O)OP(OCCC#N)N(C(C)C)C(C)C.[3H]C. The summed E-state index contributed by atoms with van der Waals surface area (Å²) in [6.45, 7) is 11.1. The molecular formula is C22H44N3O6P. The van der Waals surface area contributed by atoms with Crippen molar-refractivity contribution in [2.24, 2.45) is 0 Å². The van der Waals surface area contributed by atoms with Crippen molar-refractivity contribution in [3.05, 3.63) is 0 Å². The third-order valence-corrected chi connectivity index (χ3v) is 6.29. The minimum Gasteiger partial charge on any atom is -0.394 e. The molecule has 32 heavy (non-hydrogen) atoms. The van der Waals surface area contributed by atoms with E-state index >= 15 is 0 Å². The fourth-order valence-electron chi connectivity index (χ4n) is 2.73. The Hall–Kier alpha value is -1.14. The Morgan fingerprint density at radius 3 is 2.50 bits per heavy atom. The highest BCUT2D eigenvalue weighted by Crippen LogP contribution is 2.47. The molecule has 0 aliphatic carbocycles. The topological polar surface area (TPSA) is 121 Å². The van der Waals surface area contributed by atoms with Gasteiger partial charge in [-0.2, -0.15) is 5.26 Å². The van der Waals surface area contributed by atoms with Crippen LogP contribution in [0, 0.1) is 11.3 Å². The van der Waals surface area contributed by atoms with E-state index in [4.69, 9.17) is 21.8 Å². The number of nitriles is 1. The van der Waals surface area contributed by atoms with Crippen LogP contribution in [0.5, 0.6) is 0 Å². The number of rotatable bonds is 20. The van der Waals surface area contributed by atoms with Crippen LogP contribution in [-0.4, -0.2) is 74.1 Å². The molecule has 0 aromatic heterocycles. The molecule has 2 N–H and O–H groups in total. The number of nitrogens with one attached hydrogen (secondary N) is 1. The number of amides is 1. The van der Waals surface area contributed by atoms with Crippen LogP contribution in [0.4, 0.5) is 0 Å². The Morgan fingerprint density at radius 2 is 1.94 bits per heavy atom. The second kappa shape index (κ2) is 20.5. The smallest absolute Gasteiger partial charge is 0.259 e. The fraction of sp³-hybridized carbons (Fsp3) is 0.864. The number of aliphatic hydroxyl groups is 1. The number of hydrogen-bond acceptors (Lipinski definition) is 8. The minimum atomic E-state index is -1.45. The maximum Gasteiger partial charge on any atom is 0.259 e. The van der Waals surface area contributed by atoms with Crippen LogP contribution in [0.25, 0.3) is 0 Å². The van der Waals surface area contributed by atoms with E-state index in [1.54, 1.807) is 0 Å². The molecule has 0 rings (SSSR count). The van der Waals surface area contributed by atoms with E-state index in [1.807, 2.05) is 27.7 Å². The summed E-state index contributed by atoms with van der Waals surface area (Å²) >= 11 is 0. The monoisotopic (exact) mass is 480 g/mol. The van der Waals surface area contributed by atoms with Gasteiger partial charge in [0, 0.05) is 39.4 Å². The Balaban J connectivity index is 0. The lowest BCUT2D eigenvalue weighted by atomic mass is 10.2. The maximum absolute atomic E-state index is 11.7. The van der Waals surface area contributed by atoms with Crippen molar-refractivity contribution in [2.45, 2.75) is 92.3 Å². The molecule has 0 heterocycles. The summed E-state index contributed by atoms with van der Waals surface area (Å²) in [5, 5.41) is 16.2. The van der Waals surface area contributed by atoms with Crippen molar-refractivity contribution in [1.29, 1.82) is 6.69 Å². The average Bonchev–Trinajstić information content (AvgIpc) is 2.76. The number of ketones is 1. The van der Waals surface area contributed by atoms with Crippen molar-refractivity contribution in [3.8, 4) is 6.07 Å². The van der Waals surface area contributed by atoms with Crippen LogP contribution in [0.15, 0.2) is 0 Å². The molecule has 2 atom stereocenters. The molecule has 0 spiro atoms. The summed E-state index contributed by atoms with van der Waals surface area (Å²) in [7, 11) is -0.205. The van der Waals surface area contributed by atoms with Crippen molar-refractivity contribution in [2.75, 3.05) is 33.0 Å². The lowest BCUT2D eigenvalue weighted by Gasteiger charge is -2.37. The third-order valence-electron chi connectivity index (χ3n) is 4.11. The first-order valence-corrected chi connectivity index (χ1v) is 12.0. The number of ether oxygens (including phenoxy) is 1. The average molecular weight is 481 g/mol. The maximum atomic E-state index is 11.7. The van der Waals surface area contributed by atoms with E-state index in [-0.39, 0.29) is 50.0 Å². The first kappa shape index (κ1) is 28.9. The summed E-state index contributed by atoms with van der Waals surface area (Å²) in [5.41, 5.74) is 0. The Bertz CT molecular complexity index is 559. The van der Waals surface area contributed by atoms with Gasteiger partial charge in [-0.3, -0.25) is 4.79 Å². The van der Waals surface area contributed by atoms with Crippen molar-refractivity contribution in [3.63, 3.8) is 0 Å². The van der Waals surface area contributed by atoms with Crippen LogP contribution in [-0.2, 0) is 23.4 Å². The van der Waals surface area contributed by atoms with Gasteiger partial charge in [0.05, 0.1) is 32.3 Å². The molecule has 0 saturated heterocycles. The molecule has 10 heteroatoms. The molecule has 0 fully saturated rings. The summed E-state index contributed by atoms with van der Waals surface area (Å²) in [6, 6.07) is 2.40. The highest BCUT2D eigenvalue weighted by Gasteiger charge is 2.29. The van der Waals surface area contributed by atoms with E-state index in [1.165, 1.54) is 14.3 Å². The lowest BCUT2D eigenvalue weighted by Crippen LogP contribution is -2.36. The molecule has 0 radical (unpaired) electrons. The second-order valence-corrected chi connectivity index (χ2v) is 9.18. The van der Waals surface area contributed by atoms with Crippen molar-refractivity contribution in [1.82, 2.24) is 9.99 Å². The molecule has 0 aromatic rings. The van der Waals surface area contributed by atoms with E-state index in [0.717, 1.165) is 0 Å². The largest absolute Gasteiger partial charge is 0.394 e. The number of Topliss-reactive ketones (excluding diaryl/α,β-unsaturated/α-hetero) is 1. The Kier molecular flexibility index (Phi) is 18.5. The van der Waals surface area contributed by atoms with Crippen molar-refractivity contribution >= 4 is 20.2 Å². The van der Waals surface area contributed by atoms with Gasteiger partial charge in [0.1, 0.15) is 11.9 Å². The summed E-state index contributed by atoms with van der Waals surface area (Å²) < 4.78 is 32.6. The van der Waals surface area contributed by atoms with Gasteiger partial charge in [-0.25, -0.2) is 4.67 Å². The van der Waals surface area contributed by atoms with Gasteiger partial charge in [-0.05, 0) is 47.5 Å². The molecular weight excluding hydrogens is 433 g/mol. The molecule has 1 amide bonds. The lowest BCUT2D eigenvalue weighted by molar-refractivity contribution is -0.121. The number of carbonyl (C=O) groups excluding carboxylic acids is 2. The molecule has 188 valence electrons. The number of aliphatic hydroxyl groups excluding tert-OH is 1. The van der Waals surface area contributed by atoms with Crippen molar-refractivity contribution < 1.29 is 29.9 Å². The molecule has 0 bridgehead atoms. The van der Waals surface area contributed by atoms with E-state index in [9.17, 15) is 9.59 Å². The van der Waals surface area contributed by atoms with Gasteiger partial charge in [-0.15, -0.1) is 0 Å². The van der Waals surface area contributed by atoms with Crippen LogP contribution < -0.4 is 5.32 Å². The zero-order valence-corrected chi connectivity index (χ0v) is 21.5. The summed E-state index contributed by atoms with van der Waals surface area (Å²) in [6.07, 6.45) is 1.72. The Morgan fingerprint density at radius 1 is 1.25 bits per heavy atom. The van der Waals surface area contributed by atoms with Crippen LogP contribution in [0.2, 0.25) is 0 Å². The number of carbonyl (C=O) groups is 2.